The highest BCUT2D eigenvalue weighted by molar-refractivity contribution is 5.85. The molecular formula is C7H10Cl2F2N2. The molecule has 0 aliphatic carbocycles. The molecule has 0 saturated carbocycles. The van der Waals surface area contributed by atoms with Crippen LogP contribution in [-0.2, 0) is 6.54 Å². The van der Waals surface area contributed by atoms with E-state index < -0.39 is 6.43 Å². The molecule has 0 unspecified atom stereocenters. The Kier molecular flexibility index (Phi) is 8.10. The van der Waals surface area contributed by atoms with Gasteiger partial charge in [-0.3, -0.25) is 4.98 Å². The molecule has 0 saturated heterocycles. The lowest BCUT2D eigenvalue weighted by atomic mass is 10.2. The number of nitrogens with zero attached hydrogens (tertiary/aromatic N) is 1. The number of hydrogen-bond donors (Lipinski definition) is 1. The Balaban J connectivity index is 0. The Morgan fingerprint density at radius 3 is 2.38 bits per heavy atom. The van der Waals surface area contributed by atoms with Crippen molar-refractivity contribution >= 4 is 24.8 Å². The molecule has 6 heteroatoms. The van der Waals surface area contributed by atoms with Crippen molar-refractivity contribution < 1.29 is 8.78 Å². The van der Waals surface area contributed by atoms with Gasteiger partial charge in [0.1, 0.15) is 0 Å². The molecule has 0 spiro atoms. The predicted octanol–water partition coefficient (Wildman–Crippen LogP) is 2.32. The number of aromatic nitrogens is 1. The van der Waals surface area contributed by atoms with Crippen molar-refractivity contribution in [3.8, 4) is 0 Å². The lowest BCUT2D eigenvalue weighted by Gasteiger charge is -2.03. The zero-order valence-corrected chi connectivity index (χ0v) is 8.25. The molecule has 1 rings (SSSR count). The molecule has 2 N–H and O–H groups in total. The zero-order valence-electron chi connectivity index (χ0n) is 6.61. The van der Waals surface area contributed by atoms with Crippen molar-refractivity contribution in [3.63, 3.8) is 0 Å². The van der Waals surface area contributed by atoms with Crippen LogP contribution in [0.15, 0.2) is 18.3 Å². The standard InChI is InChI=1S/C7H8F2N2.2ClH/c8-7(9)5-2-1-3-11-6(5)4-10;;/h1-3,7H,4,10H2;2*1H. The van der Waals surface area contributed by atoms with Gasteiger partial charge in [-0.1, -0.05) is 0 Å². The van der Waals surface area contributed by atoms with Crippen molar-refractivity contribution in [1.29, 1.82) is 0 Å². The summed E-state index contributed by atoms with van der Waals surface area (Å²) >= 11 is 0. The molecule has 0 bridgehead atoms. The molecule has 0 aromatic carbocycles. The highest BCUT2D eigenvalue weighted by atomic mass is 35.5. The number of nitrogens with two attached hydrogens (primary N) is 1. The van der Waals surface area contributed by atoms with Crippen LogP contribution in [0.1, 0.15) is 17.7 Å². The molecule has 13 heavy (non-hydrogen) atoms. The van der Waals surface area contributed by atoms with Crippen molar-refractivity contribution in [2.45, 2.75) is 13.0 Å². The molecule has 0 atom stereocenters. The van der Waals surface area contributed by atoms with E-state index in [0.29, 0.717) is 0 Å². The Morgan fingerprint density at radius 2 is 2.00 bits per heavy atom. The molecule has 76 valence electrons. The molecular weight excluding hydrogens is 221 g/mol. The third-order valence-corrected chi connectivity index (χ3v) is 1.35. The van der Waals surface area contributed by atoms with E-state index in [0.717, 1.165) is 0 Å². The molecule has 1 aromatic heterocycles. The molecule has 0 aliphatic heterocycles. The molecule has 2 nitrogen and oxygen atoms in total. The van der Waals surface area contributed by atoms with Gasteiger partial charge in [-0.2, -0.15) is 0 Å². The van der Waals surface area contributed by atoms with Crippen LogP contribution in [0.4, 0.5) is 8.78 Å². The Morgan fingerprint density at radius 1 is 1.38 bits per heavy atom. The van der Waals surface area contributed by atoms with Crippen LogP contribution in [0.5, 0.6) is 0 Å². The van der Waals surface area contributed by atoms with Crippen LogP contribution in [0, 0.1) is 0 Å². The SMILES string of the molecule is Cl.Cl.NCc1ncccc1C(F)F. The summed E-state index contributed by atoms with van der Waals surface area (Å²) in [6.45, 7) is 0.0561. The van der Waals surface area contributed by atoms with E-state index in [1.165, 1.54) is 18.3 Å². The van der Waals surface area contributed by atoms with Gasteiger partial charge in [-0.15, -0.1) is 24.8 Å². The van der Waals surface area contributed by atoms with E-state index in [1.807, 2.05) is 0 Å². The molecule has 1 aromatic rings. The van der Waals surface area contributed by atoms with Gasteiger partial charge in [0.2, 0.25) is 0 Å². The number of pyridine rings is 1. The van der Waals surface area contributed by atoms with Gasteiger partial charge in [0.15, 0.2) is 0 Å². The lowest BCUT2D eigenvalue weighted by Crippen LogP contribution is -2.04. The predicted molar refractivity (Wildman–Crippen MR) is 51.6 cm³/mol. The maximum Gasteiger partial charge on any atom is 0.265 e. The van der Waals surface area contributed by atoms with Gasteiger partial charge in [-0.05, 0) is 12.1 Å². The van der Waals surface area contributed by atoms with E-state index in [1.54, 1.807) is 0 Å². The van der Waals surface area contributed by atoms with E-state index in [9.17, 15) is 8.78 Å². The van der Waals surface area contributed by atoms with Gasteiger partial charge in [-0.25, -0.2) is 8.78 Å². The maximum atomic E-state index is 12.1. The van der Waals surface area contributed by atoms with Crippen LogP contribution in [-0.4, -0.2) is 4.98 Å². The number of halogens is 4. The number of hydrogen-bond acceptors (Lipinski definition) is 2. The summed E-state index contributed by atoms with van der Waals surface area (Å²) in [6, 6.07) is 2.81. The Labute approximate surface area is 87.4 Å². The highest BCUT2D eigenvalue weighted by Gasteiger charge is 2.11. The summed E-state index contributed by atoms with van der Waals surface area (Å²) in [7, 11) is 0. The summed E-state index contributed by atoms with van der Waals surface area (Å²) < 4.78 is 24.2. The first kappa shape index (κ1) is 15.0. The third-order valence-electron chi connectivity index (χ3n) is 1.35. The van der Waals surface area contributed by atoms with E-state index >= 15 is 0 Å². The van der Waals surface area contributed by atoms with Crippen LogP contribution in [0.3, 0.4) is 0 Å². The first-order chi connectivity index (χ1) is 5.25. The van der Waals surface area contributed by atoms with E-state index in [4.69, 9.17) is 5.73 Å². The maximum absolute atomic E-state index is 12.1. The molecule has 0 aliphatic rings. The van der Waals surface area contributed by atoms with Crippen molar-refractivity contribution in [2.75, 3.05) is 0 Å². The molecule has 1 heterocycles. The largest absolute Gasteiger partial charge is 0.325 e. The topological polar surface area (TPSA) is 38.9 Å². The summed E-state index contributed by atoms with van der Waals surface area (Å²) in [5.74, 6) is 0. The second-order valence-corrected chi connectivity index (χ2v) is 2.04. The average Bonchev–Trinajstić information content (AvgIpc) is 2.04. The average molecular weight is 231 g/mol. The minimum atomic E-state index is -2.48. The summed E-state index contributed by atoms with van der Waals surface area (Å²) in [5, 5.41) is 0. The molecule has 0 radical (unpaired) electrons. The molecule has 0 fully saturated rings. The van der Waals surface area contributed by atoms with Crippen LogP contribution in [0.25, 0.3) is 0 Å². The van der Waals surface area contributed by atoms with Crippen molar-refractivity contribution in [3.05, 3.63) is 29.6 Å². The van der Waals surface area contributed by atoms with Crippen LogP contribution in [0.2, 0.25) is 0 Å². The van der Waals surface area contributed by atoms with E-state index in [2.05, 4.69) is 4.98 Å². The summed E-state index contributed by atoms with van der Waals surface area (Å²) in [4.78, 5) is 3.71. The van der Waals surface area contributed by atoms with Gasteiger partial charge in [0.25, 0.3) is 6.43 Å². The Hall–Kier alpha value is -0.450. The first-order valence-electron chi connectivity index (χ1n) is 3.17. The van der Waals surface area contributed by atoms with E-state index in [-0.39, 0.29) is 42.6 Å². The second-order valence-electron chi connectivity index (χ2n) is 2.04. The fraction of sp³-hybridized carbons (Fsp3) is 0.286. The fourth-order valence-corrected chi connectivity index (χ4v) is 0.820. The van der Waals surface area contributed by atoms with Gasteiger partial charge >= 0.3 is 0 Å². The normalized spacial score (nSPS) is 8.92. The van der Waals surface area contributed by atoms with Crippen LogP contribution >= 0.6 is 24.8 Å². The summed E-state index contributed by atoms with van der Waals surface area (Å²) in [6.07, 6.45) is -1.03. The summed E-state index contributed by atoms with van der Waals surface area (Å²) in [5.41, 5.74) is 5.38. The second kappa shape index (κ2) is 7.00. The van der Waals surface area contributed by atoms with Crippen molar-refractivity contribution in [2.24, 2.45) is 5.73 Å². The van der Waals surface area contributed by atoms with Gasteiger partial charge in [0.05, 0.1) is 5.69 Å². The number of alkyl halides is 2. The lowest BCUT2D eigenvalue weighted by molar-refractivity contribution is 0.149. The monoisotopic (exact) mass is 230 g/mol. The first-order valence-corrected chi connectivity index (χ1v) is 3.17. The van der Waals surface area contributed by atoms with Gasteiger partial charge < -0.3 is 5.73 Å². The fourth-order valence-electron chi connectivity index (χ4n) is 0.820. The smallest absolute Gasteiger partial charge is 0.265 e. The third kappa shape index (κ3) is 3.85. The number of rotatable bonds is 2. The minimum Gasteiger partial charge on any atom is -0.325 e. The highest BCUT2D eigenvalue weighted by Crippen LogP contribution is 2.20. The van der Waals surface area contributed by atoms with Crippen LogP contribution < -0.4 is 5.73 Å². The quantitative estimate of drug-likeness (QED) is 0.848. The molecule has 0 amide bonds. The Bertz CT molecular complexity index is 246. The zero-order chi connectivity index (χ0) is 8.27. The van der Waals surface area contributed by atoms with Crippen molar-refractivity contribution in [1.82, 2.24) is 4.98 Å². The minimum absolute atomic E-state index is 0. The van der Waals surface area contributed by atoms with Gasteiger partial charge in [0, 0.05) is 18.3 Å².